The minimum Gasteiger partial charge on any atom is -0.356 e. The molecule has 1 saturated heterocycles. The van der Waals surface area contributed by atoms with Gasteiger partial charge in [0.1, 0.15) is 0 Å². The van der Waals surface area contributed by atoms with Gasteiger partial charge in [-0.15, -0.1) is 0 Å². The van der Waals surface area contributed by atoms with E-state index in [-0.39, 0.29) is 17.5 Å². The number of aromatic nitrogens is 2. The van der Waals surface area contributed by atoms with E-state index in [0.717, 1.165) is 18.4 Å². The normalized spacial score (nSPS) is 19.2. The quantitative estimate of drug-likeness (QED) is 0.562. The van der Waals surface area contributed by atoms with E-state index in [2.05, 4.69) is 25.8 Å². The van der Waals surface area contributed by atoms with E-state index in [9.17, 15) is 8.42 Å². The molecule has 0 spiro atoms. The summed E-state index contributed by atoms with van der Waals surface area (Å²) in [7, 11) is -1.22. The first-order valence-corrected chi connectivity index (χ1v) is 10.9. The summed E-state index contributed by atoms with van der Waals surface area (Å²) in [5.74, 6) is 2.28. The van der Waals surface area contributed by atoms with E-state index >= 15 is 0 Å². The number of aliphatic imine (C=N–C) groups is 1. The van der Waals surface area contributed by atoms with Gasteiger partial charge in [-0.05, 0) is 30.5 Å². The van der Waals surface area contributed by atoms with E-state index in [1.165, 1.54) is 5.56 Å². The molecule has 0 bridgehead atoms. The van der Waals surface area contributed by atoms with Crippen molar-refractivity contribution in [3.05, 3.63) is 35.7 Å². The number of nitrogens with zero attached hydrogens (tertiary/aromatic N) is 3. The van der Waals surface area contributed by atoms with Gasteiger partial charge in [-0.1, -0.05) is 24.2 Å². The summed E-state index contributed by atoms with van der Waals surface area (Å²) in [4.78, 5) is 8.49. The Hall–Kier alpha value is -2.42. The fraction of sp³-hybridized carbons (Fsp3) is 0.500. The van der Waals surface area contributed by atoms with Crippen LogP contribution in [0.2, 0.25) is 0 Å². The fourth-order valence-corrected chi connectivity index (χ4v) is 4.62. The number of rotatable bonds is 6. The lowest BCUT2D eigenvalue weighted by Gasteiger charge is -2.16. The topological polar surface area (TPSA) is 109 Å². The smallest absolute Gasteiger partial charge is 0.257 e. The molecule has 2 aromatic rings. The number of hydrogen-bond acceptors (Lipinski definition) is 6. The van der Waals surface area contributed by atoms with Gasteiger partial charge in [0.2, 0.25) is 0 Å². The van der Waals surface area contributed by atoms with Crippen LogP contribution in [0.5, 0.6) is 0 Å². The van der Waals surface area contributed by atoms with Gasteiger partial charge >= 0.3 is 0 Å². The highest BCUT2D eigenvalue weighted by molar-refractivity contribution is 7.91. The summed E-state index contributed by atoms with van der Waals surface area (Å²) in [5.41, 5.74) is 2.07. The Morgan fingerprint density at radius 1 is 1.33 bits per heavy atom. The van der Waals surface area contributed by atoms with Crippen molar-refractivity contribution in [3.8, 4) is 11.5 Å². The van der Waals surface area contributed by atoms with Crippen LogP contribution >= 0.6 is 0 Å². The predicted molar refractivity (Wildman–Crippen MR) is 104 cm³/mol. The molecule has 0 aliphatic carbocycles. The summed E-state index contributed by atoms with van der Waals surface area (Å²) < 4.78 is 28.3. The third-order valence-corrected chi connectivity index (χ3v) is 6.26. The van der Waals surface area contributed by atoms with Crippen LogP contribution in [0.15, 0.2) is 33.8 Å². The molecular formula is C18H25N5O3S. The van der Waals surface area contributed by atoms with Crippen LogP contribution < -0.4 is 10.6 Å². The summed E-state index contributed by atoms with van der Waals surface area (Å²) in [5, 5.41) is 10.3. The fourth-order valence-electron chi connectivity index (χ4n) is 2.95. The van der Waals surface area contributed by atoms with Crippen molar-refractivity contribution in [1.82, 2.24) is 20.8 Å². The number of sulfone groups is 1. The van der Waals surface area contributed by atoms with Crippen molar-refractivity contribution in [2.45, 2.75) is 32.2 Å². The van der Waals surface area contributed by atoms with E-state index in [1.54, 1.807) is 7.05 Å². The standard InChI is InChI=1S/C18H25N5O3S/c1-3-16-22-17(26-23-16)14-6-4-13(5-7-14)8-10-20-18(19-2)21-15-9-11-27(24,25)12-15/h4-7,15H,3,8-12H2,1-2H3,(H2,19,20,21). The second-order valence-electron chi connectivity index (χ2n) is 6.56. The van der Waals surface area contributed by atoms with Crippen LogP contribution in [-0.4, -0.2) is 55.7 Å². The minimum absolute atomic E-state index is 0.0668. The molecule has 2 N–H and O–H groups in total. The SMILES string of the molecule is CCc1noc(-c2ccc(CCNC(=NC)NC3CCS(=O)(=O)C3)cc2)n1. The Bertz CT molecular complexity index is 890. The zero-order chi connectivity index (χ0) is 19.3. The molecule has 0 saturated carbocycles. The van der Waals surface area contributed by atoms with Crippen molar-refractivity contribution >= 4 is 15.8 Å². The van der Waals surface area contributed by atoms with Crippen molar-refractivity contribution in [2.24, 2.45) is 4.99 Å². The maximum absolute atomic E-state index is 11.5. The van der Waals surface area contributed by atoms with Crippen LogP contribution in [0, 0.1) is 0 Å². The Morgan fingerprint density at radius 3 is 2.70 bits per heavy atom. The highest BCUT2D eigenvalue weighted by Crippen LogP contribution is 2.18. The molecule has 146 valence electrons. The second kappa shape index (κ2) is 8.51. The average Bonchev–Trinajstić information content (AvgIpc) is 3.27. The van der Waals surface area contributed by atoms with Gasteiger partial charge in [-0.25, -0.2) is 8.42 Å². The van der Waals surface area contributed by atoms with E-state index in [4.69, 9.17) is 4.52 Å². The molecule has 1 aliphatic rings. The Kier molecular flexibility index (Phi) is 6.10. The number of nitrogens with one attached hydrogen (secondary N) is 2. The van der Waals surface area contributed by atoms with Gasteiger partial charge in [-0.2, -0.15) is 4.98 Å². The molecule has 1 atom stereocenters. The van der Waals surface area contributed by atoms with Crippen molar-refractivity contribution in [1.29, 1.82) is 0 Å². The van der Waals surface area contributed by atoms with E-state index in [1.807, 2.05) is 31.2 Å². The molecule has 9 heteroatoms. The highest BCUT2D eigenvalue weighted by Gasteiger charge is 2.28. The zero-order valence-electron chi connectivity index (χ0n) is 15.6. The first-order chi connectivity index (χ1) is 13.0. The first-order valence-electron chi connectivity index (χ1n) is 9.08. The van der Waals surface area contributed by atoms with Gasteiger partial charge in [0.15, 0.2) is 21.6 Å². The molecule has 0 amide bonds. The minimum atomic E-state index is -2.90. The monoisotopic (exact) mass is 391 g/mol. The van der Waals surface area contributed by atoms with E-state index in [0.29, 0.717) is 30.6 Å². The van der Waals surface area contributed by atoms with Gasteiger partial charge < -0.3 is 15.2 Å². The van der Waals surface area contributed by atoms with Gasteiger partial charge in [-0.3, -0.25) is 4.99 Å². The lowest BCUT2D eigenvalue weighted by Crippen LogP contribution is -2.44. The second-order valence-corrected chi connectivity index (χ2v) is 8.79. The Labute approximate surface area is 159 Å². The molecular weight excluding hydrogens is 366 g/mol. The molecule has 2 heterocycles. The Balaban J connectivity index is 1.48. The molecule has 1 fully saturated rings. The number of aryl methyl sites for hydroxylation is 1. The summed E-state index contributed by atoms with van der Waals surface area (Å²) >= 11 is 0. The molecule has 1 aliphatic heterocycles. The van der Waals surface area contributed by atoms with Gasteiger partial charge in [0.25, 0.3) is 5.89 Å². The number of hydrogen-bond donors (Lipinski definition) is 2. The largest absolute Gasteiger partial charge is 0.356 e. The van der Waals surface area contributed by atoms with Gasteiger partial charge in [0, 0.05) is 31.6 Å². The van der Waals surface area contributed by atoms with Crippen LogP contribution in [-0.2, 0) is 22.7 Å². The average molecular weight is 391 g/mol. The summed E-state index contributed by atoms with van der Waals surface area (Å²) in [6.07, 6.45) is 2.18. The van der Waals surface area contributed by atoms with E-state index < -0.39 is 9.84 Å². The summed E-state index contributed by atoms with van der Waals surface area (Å²) in [6.45, 7) is 2.68. The molecule has 1 unspecified atom stereocenters. The first kappa shape index (κ1) is 19.3. The molecule has 27 heavy (non-hydrogen) atoms. The van der Waals surface area contributed by atoms with Crippen molar-refractivity contribution in [3.63, 3.8) is 0 Å². The van der Waals surface area contributed by atoms with Crippen LogP contribution in [0.3, 0.4) is 0 Å². The van der Waals surface area contributed by atoms with Crippen molar-refractivity contribution < 1.29 is 12.9 Å². The third-order valence-electron chi connectivity index (χ3n) is 4.49. The maximum Gasteiger partial charge on any atom is 0.257 e. The lowest BCUT2D eigenvalue weighted by atomic mass is 10.1. The zero-order valence-corrected chi connectivity index (χ0v) is 16.4. The molecule has 8 nitrogen and oxygen atoms in total. The molecule has 1 aromatic carbocycles. The molecule has 1 aromatic heterocycles. The van der Waals surface area contributed by atoms with Crippen LogP contribution in [0.25, 0.3) is 11.5 Å². The number of guanidine groups is 1. The predicted octanol–water partition coefficient (Wildman–Crippen LogP) is 1.19. The Morgan fingerprint density at radius 2 is 2.11 bits per heavy atom. The van der Waals surface area contributed by atoms with Crippen molar-refractivity contribution in [2.75, 3.05) is 25.1 Å². The maximum atomic E-state index is 11.5. The van der Waals surface area contributed by atoms with Crippen LogP contribution in [0.4, 0.5) is 0 Å². The highest BCUT2D eigenvalue weighted by atomic mass is 32.2. The molecule has 3 rings (SSSR count). The molecule has 0 radical (unpaired) electrons. The lowest BCUT2D eigenvalue weighted by molar-refractivity contribution is 0.423. The van der Waals surface area contributed by atoms with Crippen LogP contribution in [0.1, 0.15) is 24.7 Å². The third kappa shape index (κ3) is 5.29. The summed E-state index contributed by atoms with van der Waals surface area (Å²) in [6, 6.07) is 7.94. The van der Waals surface area contributed by atoms with Gasteiger partial charge in [0.05, 0.1) is 11.5 Å². The number of benzene rings is 1.